The van der Waals surface area contributed by atoms with E-state index in [1.54, 1.807) is 32.2 Å². The maximum absolute atomic E-state index is 13.1. The number of nitrogens with one attached hydrogen (secondary N) is 2. The second-order valence-electron chi connectivity index (χ2n) is 12.1. The van der Waals surface area contributed by atoms with Gasteiger partial charge in [0, 0.05) is 29.6 Å². The molecule has 0 aliphatic heterocycles. The second kappa shape index (κ2) is 13.8. The van der Waals surface area contributed by atoms with Gasteiger partial charge in [-0.25, -0.2) is 9.59 Å². The molecule has 234 valence electrons. The molecule has 0 radical (unpaired) electrons. The lowest BCUT2D eigenvalue weighted by Gasteiger charge is -2.60. The standard InChI is InChI=1S/C33H44N2O8/c1-5-42-30(39)21-10-8-11-23(17-21)35-31(40)43-28-15-16-32(2)24(25(37)13-14-27(32)33(28,3)20-36)18-29(38)34-19-22-9-6-7-12-26(22)41-4/h6-12,17,24-25,27-28,36-37H,5,13-16,18-20H2,1-4H3,(H,34,38)(H,35,40). The molecule has 2 aliphatic rings. The number of amides is 2. The van der Waals surface area contributed by atoms with Gasteiger partial charge in [0.2, 0.25) is 5.91 Å². The van der Waals surface area contributed by atoms with Gasteiger partial charge in [-0.1, -0.05) is 38.1 Å². The Morgan fingerprint density at radius 3 is 2.53 bits per heavy atom. The van der Waals surface area contributed by atoms with E-state index in [4.69, 9.17) is 14.2 Å². The van der Waals surface area contributed by atoms with Crippen molar-refractivity contribution >= 4 is 23.7 Å². The lowest BCUT2D eigenvalue weighted by molar-refractivity contribution is -0.185. The fourth-order valence-electron chi connectivity index (χ4n) is 7.31. The number of aliphatic hydroxyl groups is 2. The van der Waals surface area contributed by atoms with Crippen LogP contribution in [-0.2, 0) is 20.8 Å². The van der Waals surface area contributed by atoms with Gasteiger partial charge in [-0.15, -0.1) is 0 Å². The summed E-state index contributed by atoms with van der Waals surface area (Å²) in [5.74, 6) is -0.374. The highest BCUT2D eigenvalue weighted by atomic mass is 16.6. The number of hydrogen-bond donors (Lipinski definition) is 4. The summed E-state index contributed by atoms with van der Waals surface area (Å²) in [6.45, 7) is 6.07. The number of rotatable bonds is 10. The first-order valence-electron chi connectivity index (χ1n) is 15.0. The van der Waals surface area contributed by atoms with Crippen LogP contribution in [0.1, 0.15) is 68.8 Å². The third-order valence-electron chi connectivity index (χ3n) is 9.62. The average molecular weight is 597 g/mol. The van der Waals surface area contributed by atoms with Gasteiger partial charge in [0.25, 0.3) is 0 Å². The van der Waals surface area contributed by atoms with Crippen LogP contribution in [0.3, 0.4) is 0 Å². The Bertz CT molecular complexity index is 1300. The molecule has 2 fully saturated rings. The first-order chi connectivity index (χ1) is 20.5. The number of carbonyl (C=O) groups is 3. The van der Waals surface area contributed by atoms with Crippen molar-refractivity contribution in [1.82, 2.24) is 5.32 Å². The minimum absolute atomic E-state index is 0.0980. The molecule has 4 rings (SSSR count). The van der Waals surface area contributed by atoms with Crippen molar-refractivity contribution in [3.8, 4) is 5.75 Å². The molecule has 2 amide bonds. The van der Waals surface area contributed by atoms with Crippen molar-refractivity contribution < 1.29 is 38.8 Å². The normalized spacial score (nSPS) is 28.2. The number of hydrogen-bond acceptors (Lipinski definition) is 8. The molecule has 10 heteroatoms. The van der Waals surface area contributed by atoms with Crippen LogP contribution in [0.15, 0.2) is 48.5 Å². The van der Waals surface area contributed by atoms with Crippen molar-refractivity contribution in [2.45, 2.75) is 71.6 Å². The molecule has 0 bridgehead atoms. The van der Waals surface area contributed by atoms with E-state index in [2.05, 4.69) is 17.6 Å². The number of aliphatic hydroxyl groups excluding tert-OH is 2. The van der Waals surface area contributed by atoms with E-state index in [1.165, 1.54) is 6.07 Å². The van der Waals surface area contributed by atoms with E-state index in [0.717, 1.165) is 5.56 Å². The first-order valence-corrected chi connectivity index (χ1v) is 15.0. The molecule has 2 aliphatic carbocycles. The lowest BCUT2D eigenvalue weighted by atomic mass is 9.46. The predicted octanol–water partition coefficient (Wildman–Crippen LogP) is 4.68. The third kappa shape index (κ3) is 6.96. The van der Waals surface area contributed by atoms with Gasteiger partial charge in [0.1, 0.15) is 11.9 Å². The minimum atomic E-state index is -0.788. The lowest BCUT2D eigenvalue weighted by Crippen LogP contribution is -2.61. The van der Waals surface area contributed by atoms with Gasteiger partial charge in [0.05, 0.1) is 32.0 Å². The highest BCUT2D eigenvalue weighted by molar-refractivity contribution is 5.92. The summed E-state index contributed by atoms with van der Waals surface area (Å²) in [5.41, 5.74) is 0.321. The van der Waals surface area contributed by atoms with E-state index < -0.39 is 35.1 Å². The van der Waals surface area contributed by atoms with E-state index in [9.17, 15) is 24.6 Å². The van der Waals surface area contributed by atoms with Crippen LogP contribution in [0.5, 0.6) is 5.75 Å². The van der Waals surface area contributed by atoms with Crippen molar-refractivity contribution in [2.24, 2.45) is 22.7 Å². The van der Waals surface area contributed by atoms with Crippen LogP contribution in [0.25, 0.3) is 0 Å². The Balaban J connectivity index is 1.44. The Morgan fingerprint density at radius 2 is 1.81 bits per heavy atom. The largest absolute Gasteiger partial charge is 0.496 e. The zero-order valence-corrected chi connectivity index (χ0v) is 25.4. The van der Waals surface area contributed by atoms with Crippen molar-refractivity contribution in [2.75, 3.05) is 25.6 Å². The predicted molar refractivity (Wildman–Crippen MR) is 161 cm³/mol. The zero-order chi connectivity index (χ0) is 31.2. The topological polar surface area (TPSA) is 143 Å². The maximum Gasteiger partial charge on any atom is 0.411 e. The van der Waals surface area contributed by atoms with Crippen LogP contribution in [0.2, 0.25) is 0 Å². The monoisotopic (exact) mass is 596 g/mol. The highest BCUT2D eigenvalue weighted by Crippen LogP contribution is 2.61. The van der Waals surface area contributed by atoms with Crippen LogP contribution in [-0.4, -0.2) is 60.7 Å². The van der Waals surface area contributed by atoms with Gasteiger partial charge in [0.15, 0.2) is 0 Å². The molecule has 6 atom stereocenters. The van der Waals surface area contributed by atoms with Gasteiger partial charge in [-0.3, -0.25) is 10.1 Å². The number of benzene rings is 2. The quantitative estimate of drug-likeness (QED) is 0.290. The van der Waals surface area contributed by atoms with Crippen LogP contribution < -0.4 is 15.4 Å². The Kier molecular flexibility index (Phi) is 10.3. The fourth-order valence-corrected chi connectivity index (χ4v) is 7.31. The number of anilines is 1. The average Bonchev–Trinajstić information content (AvgIpc) is 3.00. The number of fused-ring (bicyclic) bond motifs is 1. The van der Waals surface area contributed by atoms with Crippen LogP contribution in [0, 0.1) is 22.7 Å². The fraction of sp³-hybridized carbons (Fsp3) is 0.545. The number of ether oxygens (including phenoxy) is 3. The van der Waals surface area contributed by atoms with Crippen molar-refractivity contribution in [3.63, 3.8) is 0 Å². The Morgan fingerprint density at radius 1 is 1.05 bits per heavy atom. The number of carbonyl (C=O) groups excluding carboxylic acids is 3. The number of para-hydroxylation sites is 1. The summed E-state index contributed by atoms with van der Waals surface area (Å²) >= 11 is 0. The SMILES string of the molecule is CCOC(=O)c1cccc(NC(=O)OC2CCC3(C)C(CC(=O)NCc4ccccc4OC)C(O)CCC3C2(C)CO)c1. The summed E-state index contributed by atoms with van der Waals surface area (Å²) in [6, 6.07) is 13.9. The van der Waals surface area contributed by atoms with Gasteiger partial charge < -0.3 is 29.7 Å². The molecule has 0 spiro atoms. The second-order valence-corrected chi connectivity index (χ2v) is 12.1. The zero-order valence-electron chi connectivity index (χ0n) is 25.4. The Hall–Kier alpha value is -3.63. The summed E-state index contributed by atoms with van der Waals surface area (Å²) < 4.78 is 16.3. The molecule has 4 N–H and O–H groups in total. The highest BCUT2D eigenvalue weighted by Gasteiger charge is 2.60. The molecule has 10 nitrogen and oxygen atoms in total. The van der Waals surface area contributed by atoms with Crippen molar-refractivity contribution in [1.29, 1.82) is 0 Å². The van der Waals surface area contributed by atoms with Crippen LogP contribution in [0.4, 0.5) is 10.5 Å². The summed E-state index contributed by atoms with van der Waals surface area (Å²) in [6.07, 6.45) is 0.423. The molecular formula is C33H44N2O8. The number of methoxy groups -OCH3 is 1. The minimum Gasteiger partial charge on any atom is -0.496 e. The van der Waals surface area contributed by atoms with E-state index in [0.29, 0.717) is 49.2 Å². The molecule has 0 heterocycles. The third-order valence-corrected chi connectivity index (χ3v) is 9.62. The molecule has 43 heavy (non-hydrogen) atoms. The summed E-state index contributed by atoms with van der Waals surface area (Å²) in [5, 5.41) is 27.5. The van der Waals surface area contributed by atoms with Crippen molar-refractivity contribution in [3.05, 3.63) is 59.7 Å². The molecular weight excluding hydrogens is 552 g/mol. The Labute approximate surface area is 253 Å². The summed E-state index contributed by atoms with van der Waals surface area (Å²) in [4.78, 5) is 38.2. The van der Waals surface area contributed by atoms with Gasteiger partial charge >= 0.3 is 12.1 Å². The molecule has 0 saturated heterocycles. The van der Waals surface area contributed by atoms with E-state index >= 15 is 0 Å². The van der Waals surface area contributed by atoms with Gasteiger partial charge in [-0.2, -0.15) is 0 Å². The van der Waals surface area contributed by atoms with Gasteiger partial charge in [-0.05, 0) is 74.1 Å². The van der Waals surface area contributed by atoms with E-state index in [1.807, 2.05) is 31.2 Å². The molecule has 0 aromatic heterocycles. The summed E-state index contributed by atoms with van der Waals surface area (Å²) in [7, 11) is 1.59. The molecule has 2 saturated carbocycles. The maximum atomic E-state index is 13.1. The van der Waals surface area contributed by atoms with E-state index in [-0.39, 0.29) is 37.4 Å². The smallest absolute Gasteiger partial charge is 0.411 e. The van der Waals surface area contributed by atoms with Crippen LogP contribution >= 0.6 is 0 Å². The number of esters is 1. The molecule has 2 aromatic carbocycles. The molecule has 2 aromatic rings. The molecule has 6 unspecified atom stereocenters. The first kappa shape index (κ1) is 32.3.